The number of anilines is 1. The molecule has 1 aliphatic rings. The molecule has 1 fully saturated rings. The summed E-state index contributed by atoms with van der Waals surface area (Å²) in [6.45, 7) is 1.32. The van der Waals surface area contributed by atoms with Crippen LogP contribution in [0.3, 0.4) is 0 Å². The molecule has 0 bridgehead atoms. The van der Waals surface area contributed by atoms with Crippen molar-refractivity contribution in [3.8, 4) is 28.4 Å². The molecule has 0 unspecified atom stereocenters. The van der Waals surface area contributed by atoms with E-state index in [0.717, 1.165) is 52.7 Å². The van der Waals surface area contributed by atoms with E-state index in [4.69, 9.17) is 14.7 Å². The molecule has 9 nitrogen and oxygen atoms in total. The highest BCUT2D eigenvalue weighted by Gasteiger charge is 2.25. The minimum Gasteiger partial charge on any atom is -0.497 e. The normalized spacial score (nSPS) is 15.6. The van der Waals surface area contributed by atoms with Crippen LogP contribution in [-0.4, -0.2) is 61.4 Å². The third kappa shape index (κ3) is 4.63. The third-order valence-corrected chi connectivity index (χ3v) is 7.23. The average molecular weight is 512 g/mol. The van der Waals surface area contributed by atoms with E-state index in [1.807, 2.05) is 46.8 Å². The zero-order valence-corrected chi connectivity index (χ0v) is 21.1. The molecule has 6 rings (SSSR count). The van der Waals surface area contributed by atoms with Crippen molar-refractivity contribution in [2.75, 3.05) is 25.5 Å². The van der Waals surface area contributed by atoms with E-state index >= 15 is 0 Å². The number of likely N-dealkylation sites (tertiary alicyclic amines) is 1. The fourth-order valence-corrected chi connectivity index (χ4v) is 5.42. The molecular formula is C27H25N7O2S. The van der Waals surface area contributed by atoms with Crippen LogP contribution in [0.5, 0.6) is 5.75 Å². The fraction of sp³-hybridized carbons (Fsp3) is 0.222. The zero-order chi connectivity index (χ0) is 25.2. The van der Waals surface area contributed by atoms with Crippen LogP contribution < -0.4 is 10.1 Å². The van der Waals surface area contributed by atoms with Gasteiger partial charge in [-0.1, -0.05) is 12.1 Å². The van der Waals surface area contributed by atoms with E-state index in [2.05, 4.69) is 19.7 Å². The number of nitrogens with one attached hydrogen (secondary N) is 1. The summed E-state index contributed by atoms with van der Waals surface area (Å²) >= 11 is 1.58. The molecule has 0 radical (unpaired) electrons. The van der Waals surface area contributed by atoms with Gasteiger partial charge < -0.3 is 15.0 Å². The standard InChI is InChI=1S/C27H25N7O2S/c1-36-21-6-2-4-19(16-21)23-24(34-14-15-37-27(34)32-23)22-9-12-29-26(31-22)30-20-5-3-13-33(17-20)25(35)18-7-10-28-11-8-18/h2,4,6-12,14-16,20H,3,5,13,17H2,1H3,(H,29,30,31)/t20-/m1/s1. The Bertz CT molecular complexity index is 1550. The first kappa shape index (κ1) is 23.1. The van der Waals surface area contributed by atoms with Crippen LogP contribution in [0.4, 0.5) is 5.95 Å². The van der Waals surface area contributed by atoms with Gasteiger partial charge in [0.1, 0.15) is 11.4 Å². The number of methoxy groups -OCH3 is 1. The Labute approximate surface area is 217 Å². The Morgan fingerprint density at radius 2 is 2.03 bits per heavy atom. The minimum absolute atomic E-state index is 0.0191. The molecule has 1 aliphatic heterocycles. The molecule has 1 saturated heterocycles. The lowest BCUT2D eigenvalue weighted by Gasteiger charge is -2.33. The number of hydrogen-bond donors (Lipinski definition) is 1. The molecule has 0 saturated carbocycles. The van der Waals surface area contributed by atoms with Crippen molar-refractivity contribution in [2.24, 2.45) is 0 Å². The molecule has 1 atom stereocenters. The highest BCUT2D eigenvalue weighted by molar-refractivity contribution is 7.15. The Morgan fingerprint density at radius 3 is 2.89 bits per heavy atom. The van der Waals surface area contributed by atoms with Crippen molar-refractivity contribution in [1.82, 2.24) is 29.2 Å². The van der Waals surface area contributed by atoms with Crippen molar-refractivity contribution in [1.29, 1.82) is 0 Å². The number of ether oxygens (including phenoxy) is 1. The molecule has 37 heavy (non-hydrogen) atoms. The van der Waals surface area contributed by atoms with Crippen LogP contribution in [-0.2, 0) is 0 Å². The number of imidazole rings is 1. The van der Waals surface area contributed by atoms with Gasteiger partial charge >= 0.3 is 0 Å². The summed E-state index contributed by atoms with van der Waals surface area (Å²) in [6.07, 6.45) is 8.90. The zero-order valence-electron chi connectivity index (χ0n) is 20.2. The molecule has 0 aliphatic carbocycles. The van der Waals surface area contributed by atoms with Crippen molar-refractivity contribution in [3.63, 3.8) is 0 Å². The SMILES string of the molecule is COc1cccc(-c2nc3sccn3c2-c2ccnc(N[C@@H]3CCCN(C(=O)c4ccncc4)C3)n2)c1. The molecular weight excluding hydrogens is 486 g/mol. The molecule has 186 valence electrons. The van der Waals surface area contributed by atoms with E-state index in [0.29, 0.717) is 18.1 Å². The van der Waals surface area contributed by atoms with Gasteiger partial charge in [-0.25, -0.2) is 15.0 Å². The Hall–Kier alpha value is -4.31. The number of pyridine rings is 1. The molecule has 1 N–H and O–H groups in total. The lowest BCUT2D eigenvalue weighted by atomic mass is 10.0. The van der Waals surface area contributed by atoms with E-state index in [1.165, 1.54) is 0 Å². The summed E-state index contributed by atoms with van der Waals surface area (Å²) in [5.41, 5.74) is 4.10. The average Bonchev–Trinajstić information content (AvgIpc) is 3.55. The molecule has 1 amide bonds. The molecule has 10 heteroatoms. The second-order valence-corrected chi connectivity index (χ2v) is 9.71. The number of nitrogens with zero attached hydrogens (tertiary/aromatic N) is 6. The number of piperidine rings is 1. The monoisotopic (exact) mass is 511 g/mol. The first-order valence-corrected chi connectivity index (χ1v) is 13.0. The van der Waals surface area contributed by atoms with Crippen LogP contribution in [0.2, 0.25) is 0 Å². The number of amides is 1. The van der Waals surface area contributed by atoms with Crippen LogP contribution in [0, 0.1) is 0 Å². The Balaban J connectivity index is 1.28. The Morgan fingerprint density at radius 1 is 1.14 bits per heavy atom. The predicted octanol–water partition coefficient (Wildman–Crippen LogP) is 4.64. The largest absolute Gasteiger partial charge is 0.497 e. The maximum atomic E-state index is 12.9. The summed E-state index contributed by atoms with van der Waals surface area (Å²) in [5, 5.41) is 5.48. The fourth-order valence-electron chi connectivity index (χ4n) is 4.70. The summed E-state index contributed by atoms with van der Waals surface area (Å²) in [6, 6.07) is 13.3. The van der Waals surface area contributed by atoms with Crippen LogP contribution in [0.25, 0.3) is 27.6 Å². The number of carbonyl (C=O) groups is 1. The second-order valence-electron chi connectivity index (χ2n) is 8.83. The van der Waals surface area contributed by atoms with Gasteiger partial charge in [0.2, 0.25) is 5.95 Å². The van der Waals surface area contributed by atoms with Gasteiger partial charge in [0.25, 0.3) is 5.91 Å². The summed E-state index contributed by atoms with van der Waals surface area (Å²) < 4.78 is 7.49. The van der Waals surface area contributed by atoms with Crippen LogP contribution in [0.1, 0.15) is 23.2 Å². The van der Waals surface area contributed by atoms with Gasteiger partial charge in [-0.2, -0.15) is 0 Å². The van der Waals surface area contributed by atoms with E-state index in [9.17, 15) is 4.79 Å². The molecule has 0 spiro atoms. The summed E-state index contributed by atoms with van der Waals surface area (Å²) in [4.78, 5) is 34.0. The lowest BCUT2D eigenvalue weighted by molar-refractivity contribution is 0.0714. The number of hydrogen-bond acceptors (Lipinski definition) is 8. The minimum atomic E-state index is 0.0191. The van der Waals surface area contributed by atoms with Crippen LogP contribution >= 0.6 is 11.3 Å². The lowest BCUT2D eigenvalue weighted by Crippen LogP contribution is -2.45. The van der Waals surface area contributed by atoms with E-state index in [-0.39, 0.29) is 11.9 Å². The van der Waals surface area contributed by atoms with Gasteiger partial charge in [0.05, 0.1) is 18.5 Å². The van der Waals surface area contributed by atoms with Gasteiger partial charge in [-0.15, -0.1) is 11.3 Å². The van der Waals surface area contributed by atoms with E-state index < -0.39 is 0 Å². The van der Waals surface area contributed by atoms with Crippen molar-refractivity contribution in [2.45, 2.75) is 18.9 Å². The number of benzene rings is 1. The maximum absolute atomic E-state index is 12.9. The van der Waals surface area contributed by atoms with Gasteiger partial charge in [-0.3, -0.25) is 14.2 Å². The third-order valence-electron chi connectivity index (χ3n) is 6.47. The highest BCUT2D eigenvalue weighted by Crippen LogP contribution is 2.35. The number of aromatic nitrogens is 5. The van der Waals surface area contributed by atoms with Gasteiger partial charge in [0.15, 0.2) is 4.96 Å². The Kier molecular flexibility index (Phi) is 6.23. The molecule has 5 heterocycles. The first-order chi connectivity index (χ1) is 18.2. The second kappa shape index (κ2) is 9.98. The van der Waals surface area contributed by atoms with Crippen molar-refractivity contribution in [3.05, 3.63) is 78.2 Å². The maximum Gasteiger partial charge on any atom is 0.254 e. The number of thiazole rings is 1. The first-order valence-electron chi connectivity index (χ1n) is 12.1. The number of rotatable bonds is 6. The van der Waals surface area contributed by atoms with Gasteiger partial charge in [-0.05, 0) is 43.2 Å². The number of carbonyl (C=O) groups excluding carboxylic acids is 1. The van der Waals surface area contributed by atoms with Crippen molar-refractivity contribution >= 4 is 28.2 Å². The predicted molar refractivity (Wildman–Crippen MR) is 143 cm³/mol. The number of fused-ring (bicyclic) bond motifs is 1. The van der Waals surface area contributed by atoms with Crippen LogP contribution in [0.15, 0.2) is 72.6 Å². The summed E-state index contributed by atoms with van der Waals surface area (Å²) in [7, 11) is 1.66. The highest BCUT2D eigenvalue weighted by atomic mass is 32.1. The molecule has 4 aromatic heterocycles. The van der Waals surface area contributed by atoms with Crippen molar-refractivity contribution < 1.29 is 9.53 Å². The molecule has 1 aromatic carbocycles. The quantitative estimate of drug-likeness (QED) is 0.355. The smallest absolute Gasteiger partial charge is 0.254 e. The van der Waals surface area contributed by atoms with E-state index in [1.54, 1.807) is 49.2 Å². The topological polar surface area (TPSA) is 97.5 Å². The molecule has 5 aromatic rings. The summed E-state index contributed by atoms with van der Waals surface area (Å²) in [5.74, 6) is 1.32. The van der Waals surface area contributed by atoms with Gasteiger partial charge in [0, 0.05) is 60.4 Å².